The Morgan fingerprint density at radius 2 is 0.628 bits per heavy atom. The van der Waals surface area contributed by atoms with Crippen molar-refractivity contribution in [1.29, 1.82) is 0 Å². The number of unbranched alkanes of at least 4 members (excludes halogenated alkanes) is 3. The number of benzene rings is 3. The van der Waals surface area contributed by atoms with Gasteiger partial charge < -0.3 is 28.4 Å². The van der Waals surface area contributed by atoms with E-state index in [2.05, 4.69) is 0 Å². The van der Waals surface area contributed by atoms with Gasteiger partial charge in [-0.15, -0.1) is 0 Å². The Balaban J connectivity index is 0.000000608. The Morgan fingerprint density at radius 3 is 0.791 bits per heavy atom. The topological polar surface area (TPSA) is 120 Å². The van der Waals surface area contributed by atoms with Gasteiger partial charge in [-0.25, -0.2) is 0 Å². The van der Waals surface area contributed by atoms with Crippen LogP contribution in [0, 0.1) is 20.8 Å². The largest absolute Gasteiger partial charge is 3.00 e. The molecule has 3 aromatic rings. The zero-order valence-corrected chi connectivity index (χ0v) is 30.2. The van der Waals surface area contributed by atoms with Crippen LogP contribution in [-0.2, 0) is 30.8 Å². The summed E-state index contributed by atoms with van der Waals surface area (Å²) in [6.07, 6.45) is 5.83. The Kier molecular flexibility index (Phi) is 20.1. The summed E-state index contributed by atoms with van der Waals surface area (Å²) in [6.45, 7) is 11.8. The molecule has 0 N–H and O–H groups in total. The van der Waals surface area contributed by atoms with Crippen molar-refractivity contribution in [1.82, 2.24) is 0 Å². The SMILES string of the molecule is CCCCP(=O)([O-])c1ccc(C)cc1.CCCCP(=O)([O-])c1ccc(C)cc1.CCCCP(=O)([O-])c1ccc(C)cc1.[Fe+3]. The molecule has 0 amide bonds. The molecule has 0 aromatic heterocycles. The maximum atomic E-state index is 11.7. The molecule has 239 valence electrons. The van der Waals surface area contributed by atoms with E-state index in [1.165, 1.54) is 0 Å². The second kappa shape index (κ2) is 20.7. The van der Waals surface area contributed by atoms with Gasteiger partial charge in [0.1, 0.15) is 0 Å². The number of rotatable bonds is 12. The summed E-state index contributed by atoms with van der Waals surface area (Å²) in [5, 5.41) is 1.41. The first-order chi connectivity index (χ1) is 19.7. The number of aryl methyl sites for hydroxylation is 3. The first-order valence-electron chi connectivity index (χ1n) is 14.8. The molecular weight excluding hydrogens is 641 g/mol. The Bertz CT molecular complexity index is 1160. The van der Waals surface area contributed by atoms with Crippen molar-refractivity contribution in [3.8, 4) is 0 Å². The minimum absolute atomic E-state index is 0. The first kappa shape index (κ1) is 41.7. The van der Waals surface area contributed by atoms with Gasteiger partial charge in [0.2, 0.25) is 0 Å². The molecule has 1 radical (unpaired) electrons. The molecule has 0 saturated carbocycles. The average molecular weight is 690 g/mol. The van der Waals surface area contributed by atoms with Crippen LogP contribution in [0.5, 0.6) is 0 Å². The number of hydrogen-bond acceptors (Lipinski definition) is 6. The maximum Gasteiger partial charge on any atom is 3.00 e. The van der Waals surface area contributed by atoms with Gasteiger partial charge in [-0.3, -0.25) is 0 Å². The van der Waals surface area contributed by atoms with Crippen LogP contribution in [-0.4, -0.2) is 18.5 Å². The third kappa shape index (κ3) is 16.0. The van der Waals surface area contributed by atoms with Gasteiger partial charge in [0.25, 0.3) is 0 Å². The second-order valence-electron chi connectivity index (χ2n) is 10.8. The van der Waals surface area contributed by atoms with E-state index in [4.69, 9.17) is 0 Å². The van der Waals surface area contributed by atoms with Crippen molar-refractivity contribution in [2.24, 2.45) is 0 Å². The van der Waals surface area contributed by atoms with Crippen LogP contribution in [0.2, 0.25) is 0 Å². The molecule has 6 nitrogen and oxygen atoms in total. The van der Waals surface area contributed by atoms with E-state index in [1.807, 2.05) is 77.9 Å². The van der Waals surface area contributed by atoms with Crippen LogP contribution in [0.25, 0.3) is 0 Å². The summed E-state index contributed by atoms with van der Waals surface area (Å²) >= 11 is 0. The van der Waals surface area contributed by atoms with Crippen molar-refractivity contribution in [2.45, 2.75) is 80.1 Å². The summed E-state index contributed by atoms with van der Waals surface area (Å²) in [7, 11) is -9.99. The molecule has 10 heteroatoms. The van der Waals surface area contributed by atoms with Gasteiger partial charge >= 0.3 is 17.1 Å². The Labute approximate surface area is 270 Å². The fourth-order valence-corrected chi connectivity index (χ4v) is 8.58. The van der Waals surface area contributed by atoms with Gasteiger partial charge in [-0.2, -0.15) is 0 Å². The Morgan fingerprint density at radius 1 is 0.442 bits per heavy atom. The molecule has 43 heavy (non-hydrogen) atoms. The van der Waals surface area contributed by atoms with Crippen molar-refractivity contribution in [3.05, 3.63) is 89.5 Å². The van der Waals surface area contributed by atoms with Gasteiger partial charge in [0, 0.05) is 22.1 Å². The standard InChI is InChI=1S/3C11H17O2P.Fe/c3*1-3-4-9-14(12,13)11-7-5-10(2)6-8-11;/h3*5-8H,3-4,9H2,1-2H3,(H,12,13);/q;;;+3/p-3. The predicted molar refractivity (Wildman–Crippen MR) is 175 cm³/mol. The van der Waals surface area contributed by atoms with Crippen LogP contribution in [0.3, 0.4) is 0 Å². The minimum atomic E-state index is -3.33. The van der Waals surface area contributed by atoms with E-state index >= 15 is 0 Å². The fourth-order valence-electron chi connectivity index (χ4n) is 3.80. The van der Waals surface area contributed by atoms with Crippen LogP contribution >= 0.6 is 22.1 Å². The van der Waals surface area contributed by atoms with Gasteiger partial charge in [0.15, 0.2) is 0 Å². The normalized spacial score (nSPS) is 14.7. The molecule has 0 aliphatic rings. The van der Waals surface area contributed by atoms with Crippen molar-refractivity contribution >= 4 is 38.0 Å². The van der Waals surface area contributed by atoms with E-state index in [9.17, 15) is 28.4 Å². The third-order valence-corrected chi connectivity index (χ3v) is 12.7. The Hall–Kier alpha value is -1.25. The molecule has 3 unspecified atom stereocenters. The molecular formula is C33H48FeO6P3. The summed E-state index contributed by atoms with van der Waals surface area (Å²) in [4.78, 5) is 35.2. The summed E-state index contributed by atoms with van der Waals surface area (Å²) in [6, 6.07) is 21.2. The molecule has 3 rings (SSSR count). The summed E-state index contributed by atoms with van der Waals surface area (Å²) in [5.41, 5.74) is 3.26. The molecule has 0 heterocycles. The molecule has 0 bridgehead atoms. The molecule has 3 atom stereocenters. The molecule has 3 aromatic carbocycles. The van der Waals surface area contributed by atoms with Gasteiger partial charge in [-0.05, 0) is 74.4 Å². The van der Waals surface area contributed by atoms with E-state index in [0.29, 0.717) is 15.9 Å². The molecule has 0 spiro atoms. The monoisotopic (exact) mass is 689 g/mol. The van der Waals surface area contributed by atoms with E-state index in [0.717, 1.165) is 55.2 Å². The molecule has 0 fully saturated rings. The average Bonchev–Trinajstić information content (AvgIpc) is 2.95. The third-order valence-electron chi connectivity index (χ3n) is 6.70. The van der Waals surface area contributed by atoms with Crippen LogP contribution in [0.4, 0.5) is 0 Å². The summed E-state index contributed by atoms with van der Waals surface area (Å²) < 4.78 is 35.2. The quantitative estimate of drug-likeness (QED) is 0.166. The van der Waals surface area contributed by atoms with E-state index < -0.39 is 22.1 Å². The zero-order chi connectivity index (χ0) is 31.8. The maximum absolute atomic E-state index is 11.7. The summed E-state index contributed by atoms with van der Waals surface area (Å²) in [5.74, 6) is 0. The van der Waals surface area contributed by atoms with E-state index in [-0.39, 0.29) is 35.6 Å². The first-order valence-corrected chi connectivity index (χ1v) is 20.2. The van der Waals surface area contributed by atoms with Crippen LogP contribution in [0.1, 0.15) is 76.0 Å². The van der Waals surface area contributed by atoms with Crippen molar-refractivity contribution in [3.63, 3.8) is 0 Å². The zero-order valence-electron chi connectivity index (χ0n) is 26.4. The van der Waals surface area contributed by atoms with Gasteiger partial charge in [0.05, 0.1) is 0 Å². The smallest absolute Gasteiger partial charge is 0.796 e. The molecule has 0 saturated heterocycles. The second-order valence-corrected chi connectivity index (χ2v) is 17.7. The molecule has 0 aliphatic carbocycles. The fraction of sp³-hybridized carbons (Fsp3) is 0.455. The van der Waals surface area contributed by atoms with Crippen LogP contribution in [0.15, 0.2) is 72.8 Å². The van der Waals surface area contributed by atoms with Crippen LogP contribution < -0.4 is 30.6 Å². The van der Waals surface area contributed by atoms with Crippen molar-refractivity contribution < 1.29 is 45.4 Å². The van der Waals surface area contributed by atoms with Crippen molar-refractivity contribution in [2.75, 3.05) is 18.5 Å². The predicted octanol–water partition coefficient (Wildman–Crippen LogP) is 6.17. The van der Waals surface area contributed by atoms with E-state index in [1.54, 1.807) is 36.4 Å². The molecule has 0 aliphatic heterocycles. The van der Waals surface area contributed by atoms with Gasteiger partial charge in [-0.1, -0.05) is 130 Å². The minimum Gasteiger partial charge on any atom is -0.796 e. The number of hydrogen-bond donors (Lipinski definition) is 0.